The van der Waals surface area contributed by atoms with E-state index in [1.165, 1.54) is 18.2 Å². The van der Waals surface area contributed by atoms with Gasteiger partial charge in [-0.1, -0.05) is 0 Å². The Morgan fingerprint density at radius 3 is 2.96 bits per heavy atom. The number of carboxylic acid groups (broad SMARTS) is 1. The minimum absolute atomic E-state index is 0.121. The summed E-state index contributed by atoms with van der Waals surface area (Å²) in [5.74, 6) is -0.940. The molecule has 1 saturated heterocycles. The smallest absolute Gasteiger partial charge is 0.303 e. The van der Waals surface area contributed by atoms with Crippen molar-refractivity contribution in [3.8, 4) is 0 Å². The molecule has 1 atom stereocenters. The molecule has 1 fully saturated rings. The summed E-state index contributed by atoms with van der Waals surface area (Å²) in [4.78, 5) is 25.2. The number of carbonyl (C=O) groups excluding carboxylic acids is 1. The van der Waals surface area contributed by atoms with Crippen LogP contribution < -0.4 is 0 Å². The van der Waals surface area contributed by atoms with Gasteiger partial charge in [0, 0.05) is 30.5 Å². The Morgan fingerprint density at radius 1 is 1.42 bits per heavy atom. The fourth-order valence-corrected chi connectivity index (χ4v) is 3.35. The number of hydrogen-bond acceptors (Lipinski definition) is 3. The van der Waals surface area contributed by atoms with Gasteiger partial charge in [-0.2, -0.15) is 0 Å². The maximum Gasteiger partial charge on any atom is 0.303 e. The molecule has 1 aromatic heterocycles. The molecule has 1 aliphatic rings. The average Bonchev–Trinajstić information content (AvgIpc) is 2.89. The molecule has 1 aromatic carbocycles. The minimum atomic E-state index is -0.811. The van der Waals surface area contributed by atoms with Gasteiger partial charge in [-0.3, -0.25) is 9.59 Å². The molecule has 1 aliphatic heterocycles. The van der Waals surface area contributed by atoms with Crippen LogP contribution >= 0.6 is 0 Å². The van der Waals surface area contributed by atoms with Crippen molar-refractivity contribution < 1.29 is 23.5 Å². The topological polar surface area (TPSA) is 70.8 Å². The third-order valence-electron chi connectivity index (χ3n) is 4.67. The summed E-state index contributed by atoms with van der Waals surface area (Å²) in [6, 6.07) is 4.21. The molecule has 0 aliphatic carbocycles. The highest BCUT2D eigenvalue weighted by atomic mass is 19.1. The molecule has 0 radical (unpaired) electrons. The quantitative estimate of drug-likeness (QED) is 0.928. The number of benzene rings is 1. The van der Waals surface area contributed by atoms with Crippen molar-refractivity contribution >= 4 is 22.8 Å². The lowest BCUT2D eigenvalue weighted by molar-refractivity contribution is -0.137. The molecule has 0 bridgehead atoms. The van der Waals surface area contributed by atoms with E-state index in [0.717, 1.165) is 12.8 Å². The van der Waals surface area contributed by atoms with Crippen LogP contribution in [-0.4, -0.2) is 35.0 Å². The lowest BCUT2D eigenvalue weighted by Gasteiger charge is -2.32. The van der Waals surface area contributed by atoms with Crippen molar-refractivity contribution in [3.05, 3.63) is 35.3 Å². The van der Waals surface area contributed by atoms with Crippen LogP contribution in [0.15, 0.2) is 22.6 Å². The summed E-state index contributed by atoms with van der Waals surface area (Å²) in [6.45, 7) is 2.93. The molecule has 2 aromatic rings. The molecule has 1 unspecified atom stereocenters. The van der Waals surface area contributed by atoms with E-state index in [2.05, 4.69) is 0 Å². The molecule has 0 saturated carbocycles. The third-order valence-corrected chi connectivity index (χ3v) is 4.67. The van der Waals surface area contributed by atoms with Crippen LogP contribution in [0.2, 0.25) is 0 Å². The number of likely N-dealkylation sites (tertiary alicyclic amines) is 1. The zero-order valence-electron chi connectivity index (χ0n) is 13.5. The number of aliphatic carboxylic acids is 1. The maximum absolute atomic E-state index is 13.4. The second-order valence-corrected chi connectivity index (χ2v) is 6.39. The molecule has 3 rings (SSSR count). The molecular formula is C18H20FNO4. The summed E-state index contributed by atoms with van der Waals surface area (Å²) in [6.07, 6.45) is 2.48. The Hall–Kier alpha value is -2.37. The Balaban J connectivity index is 1.78. The number of fused-ring (bicyclic) bond motifs is 1. The number of carboxylic acids is 1. The molecule has 0 spiro atoms. The van der Waals surface area contributed by atoms with E-state index in [1.807, 2.05) is 0 Å². The SMILES string of the molecule is Cc1c(C(=O)N2CCCC(CCC(=O)O)C2)oc2ccc(F)cc12. The highest BCUT2D eigenvalue weighted by molar-refractivity contribution is 5.99. The fraction of sp³-hybridized carbons (Fsp3) is 0.444. The van der Waals surface area contributed by atoms with Crippen LogP contribution in [0.25, 0.3) is 11.0 Å². The molecule has 128 valence electrons. The molecule has 24 heavy (non-hydrogen) atoms. The second kappa shape index (κ2) is 6.63. The van der Waals surface area contributed by atoms with Crippen LogP contribution in [0.1, 0.15) is 41.8 Å². The standard InChI is InChI=1S/C18H20FNO4/c1-11-14-9-13(19)5-6-15(14)24-17(11)18(23)20-8-2-3-12(10-20)4-7-16(21)22/h5-6,9,12H,2-4,7-8,10H2,1H3,(H,21,22). The number of furan rings is 1. The van der Waals surface area contributed by atoms with Crippen molar-refractivity contribution in [1.82, 2.24) is 4.90 Å². The second-order valence-electron chi connectivity index (χ2n) is 6.39. The van der Waals surface area contributed by atoms with Crippen LogP contribution in [-0.2, 0) is 4.79 Å². The monoisotopic (exact) mass is 333 g/mol. The summed E-state index contributed by atoms with van der Waals surface area (Å²) >= 11 is 0. The van der Waals surface area contributed by atoms with E-state index in [0.29, 0.717) is 36.0 Å². The van der Waals surface area contributed by atoms with E-state index in [4.69, 9.17) is 9.52 Å². The van der Waals surface area contributed by atoms with Gasteiger partial charge in [0.1, 0.15) is 11.4 Å². The third kappa shape index (κ3) is 3.27. The number of amides is 1. The molecular weight excluding hydrogens is 313 g/mol. The summed E-state index contributed by atoms with van der Waals surface area (Å²) < 4.78 is 19.0. The fourth-order valence-electron chi connectivity index (χ4n) is 3.35. The van der Waals surface area contributed by atoms with E-state index in [1.54, 1.807) is 11.8 Å². The maximum atomic E-state index is 13.4. The Labute approximate surface area is 139 Å². The number of piperidine rings is 1. The van der Waals surface area contributed by atoms with Gasteiger partial charge < -0.3 is 14.4 Å². The number of halogens is 1. The predicted molar refractivity (Wildman–Crippen MR) is 86.4 cm³/mol. The van der Waals surface area contributed by atoms with Gasteiger partial charge >= 0.3 is 5.97 Å². The van der Waals surface area contributed by atoms with Crippen LogP contribution in [0, 0.1) is 18.7 Å². The zero-order chi connectivity index (χ0) is 17.3. The van der Waals surface area contributed by atoms with Crippen molar-refractivity contribution in [1.29, 1.82) is 0 Å². The molecule has 2 heterocycles. The summed E-state index contributed by atoms with van der Waals surface area (Å²) in [5.41, 5.74) is 1.14. The average molecular weight is 333 g/mol. The van der Waals surface area contributed by atoms with Gasteiger partial charge in [0.15, 0.2) is 5.76 Å². The van der Waals surface area contributed by atoms with Gasteiger partial charge in [-0.15, -0.1) is 0 Å². The number of aryl methyl sites for hydroxylation is 1. The van der Waals surface area contributed by atoms with E-state index in [9.17, 15) is 14.0 Å². The van der Waals surface area contributed by atoms with Crippen molar-refractivity contribution in [2.75, 3.05) is 13.1 Å². The van der Waals surface area contributed by atoms with Crippen LogP contribution in [0.3, 0.4) is 0 Å². The molecule has 1 amide bonds. The van der Waals surface area contributed by atoms with Crippen molar-refractivity contribution in [3.63, 3.8) is 0 Å². The summed E-state index contributed by atoms with van der Waals surface area (Å²) in [7, 11) is 0. The largest absolute Gasteiger partial charge is 0.481 e. The first-order valence-electron chi connectivity index (χ1n) is 8.15. The number of hydrogen-bond donors (Lipinski definition) is 1. The highest BCUT2D eigenvalue weighted by Gasteiger charge is 2.28. The Morgan fingerprint density at radius 2 is 2.21 bits per heavy atom. The highest BCUT2D eigenvalue weighted by Crippen LogP contribution is 2.29. The van der Waals surface area contributed by atoms with E-state index >= 15 is 0 Å². The van der Waals surface area contributed by atoms with Crippen LogP contribution in [0.5, 0.6) is 0 Å². The summed E-state index contributed by atoms with van der Waals surface area (Å²) in [5, 5.41) is 9.42. The Kier molecular flexibility index (Phi) is 4.55. The van der Waals surface area contributed by atoms with Gasteiger partial charge in [-0.25, -0.2) is 4.39 Å². The van der Waals surface area contributed by atoms with Gasteiger partial charge in [-0.05, 0) is 50.3 Å². The zero-order valence-corrected chi connectivity index (χ0v) is 13.5. The number of rotatable bonds is 4. The van der Waals surface area contributed by atoms with Crippen molar-refractivity contribution in [2.45, 2.75) is 32.6 Å². The number of carbonyl (C=O) groups is 2. The lowest BCUT2D eigenvalue weighted by atomic mass is 9.93. The molecule has 1 N–H and O–H groups in total. The minimum Gasteiger partial charge on any atom is -0.481 e. The number of nitrogens with zero attached hydrogens (tertiary/aromatic N) is 1. The van der Waals surface area contributed by atoms with Gasteiger partial charge in [0.25, 0.3) is 5.91 Å². The van der Waals surface area contributed by atoms with Crippen molar-refractivity contribution in [2.24, 2.45) is 5.92 Å². The molecule has 5 nitrogen and oxygen atoms in total. The first-order chi connectivity index (χ1) is 11.5. The van der Waals surface area contributed by atoms with Crippen LogP contribution in [0.4, 0.5) is 4.39 Å². The van der Waals surface area contributed by atoms with E-state index in [-0.39, 0.29) is 29.8 Å². The predicted octanol–water partition coefficient (Wildman–Crippen LogP) is 3.60. The van der Waals surface area contributed by atoms with Gasteiger partial charge in [0.2, 0.25) is 0 Å². The first-order valence-corrected chi connectivity index (χ1v) is 8.15. The lowest BCUT2D eigenvalue weighted by Crippen LogP contribution is -2.40. The Bertz CT molecular complexity index is 783. The van der Waals surface area contributed by atoms with Gasteiger partial charge in [0.05, 0.1) is 0 Å². The first kappa shape index (κ1) is 16.5. The normalized spacial score (nSPS) is 18.1. The van der Waals surface area contributed by atoms with E-state index < -0.39 is 5.97 Å². The molecule has 6 heteroatoms.